The van der Waals surface area contributed by atoms with Crippen LogP contribution in [0.1, 0.15) is 19.4 Å². The van der Waals surface area contributed by atoms with Crippen molar-refractivity contribution in [3.63, 3.8) is 0 Å². The van der Waals surface area contributed by atoms with Crippen LogP contribution in [-0.2, 0) is 24.5 Å². The summed E-state index contributed by atoms with van der Waals surface area (Å²) in [5, 5.41) is 12.1. The summed E-state index contributed by atoms with van der Waals surface area (Å²) in [5.41, 5.74) is 1.93. The molecule has 0 spiro atoms. The highest BCUT2D eigenvalue weighted by atomic mass is 16.5. The molecule has 2 aliphatic heterocycles. The second-order valence-corrected chi connectivity index (χ2v) is 7.14. The van der Waals surface area contributed by atoms with Gasteiger partial charge in [0.2, 0.25) is 5.91 Å². The van der Waals surface area contributed by atoms with E-state index in [-0.39, 0.29) is 42.8 Å². The number of likely N-dealkylation sites (N-methyl/N-ethyl adjacent to an activating group) is 1. The van der Waals surface area contributed by atoms with Crippen LogP contribution in [0.15, 0.2) is 29.5 Å². The molecule has 27 heavy (non-hydrogen) atoms. The largest absolute Gasteiger partial charge is 0.466 e. The number of benzene rings is 1. The van der Waals surface area contributed by atoms with Gasteiger partial charge in [-0.3, -0.25) is 9.59 Å². The molecular formula is C19H23N3O5. The molecule has 2 amide bonds. The quantitative estimate of drug-likeness (QED) is 0.734. The van der Waals surface area contributed by atoms with Crippen LogP contribution in [0, 0.1) is 0 Å². The number of hydrogen-bond acceptors (Lipinski definition) is 6. The number of aliphatic hydroxyl groups is 1. The van der Waals surface area contributed by atoms with Crippen molar-refractivity contribution in [2.45, 2.75) is 19.3 Å². The molecule has 2 aliphatic rings. The number of nitrogens with zero attached hydrogens (tertiary/aromatic N) is 2. The molecule has 3 rings (SSSR count). The van der Waals surface area contributed by atoms with E-state index in [0.29, 0.717) is 5.69 Å². The summed E-state index contributed by atoms with van der Waals surface area (Å²) in [6, 6.07) is 5.39. The van der Waals surface area contributed by atoms with E-state index >= 15 is 0 Å². The van der Waals surface area contributed by atoms with Gasteiger partial charge in [-0.2, -0.15) is 0 Å². The summed E-state index contributed by atoms with van der Waals surface area (Å²) in [4.78, 5) is 40.1. The van der Waals surface area contributed by atoms with Gasteiger partial charge in [0, 0.05) is 25.0 Å². The molecule has 8 heteroatoms. The fourth-order valence-corrected chi connectivity index (χ4v) is 3.54. The first kappa shape index (κ1) is 18.9. The van der Waals surface area contributed by atoms with Crippen LogP contribution < -0.4 is 10.2 Å². The molecule has 1 aromatic rings. The van der Waals surface area contributed by atoms with Gasteiger partial charge in [-0.1, -0.05) is 0 Å². The highest BCUT2D eigenvalue weighted by Crippen LogP contribution is 2.42. The van der Waals surface area contributed by atoms with Gasteiger partial charge < -0.3 is 25.0 Å². The van der Waals surface area contributed by atoms with E-state index in [2.05, 4.69) is 5.32 Å². The Balaban J connectivity index is 1.97. The van der Waals surface area contributed by atoms with Gasteiger partial charge in [0.05, 0.1) is 31.2 Å². The average molecular weight is 373 g/mol. The minimum absolute atomic E-state index is 0.00446. The van der Waals surface area contributed by atoms with Crippen molar-refractivity contribution in [1.29, 1.82) is 0 Å². The smallest absolute Gasteiger partial charge is 0.337 e. The zero-order valence-corrected chi connectivity index (χ0v) is 15.8. The number of aliphatic hydroxyl groups excluding tert-OH is 1. The standard InChI is InChI=1S/C19H23N3O5/c1-19(2)13-9-11(5-6-14(13)21(3)18(19)26)20-15-12(17(25)27-4)10-22(7-8-23)16(15)24/h5-6,9,20,23H,7-8,10H2,1-4H3. The van der Waals surface area contributed by atoms with E-state index in [1.807, 2.05) is 26.0 Å². The van der Waals surface area contributed by atoms with E-state index in [1.54, 1.807) is 18.0 Å². The van der Waals surface area contributed by atoms with Crippen molar-refractivity contribution in [3.05, 3.63) is 35.0 Å². The molecule has 2 heterocycles. The Morgan fingerprint density at radius 1 is 1.33 bits per heavy atom. The minimum atomic E-state index is -0.677. The number of β-amino-alcohol motifs (C(OH)–C–C–N with tert-alkyl or cyclic N) is 1. The topological polar surface area (TPSA) is 99.2 Å². The van der Waals surface area contributed by atoms with Gasteiger partial charge in [-0.15, -0.1) is 0 Å². The van der Waals surface area contributed by atoms with Gasteiger partial charge >= 0.3 is 5.97 Å². The van der Waals surface area contributed by atoms with Crippen LogP contribution in [0.5, 0.6) is 0 Å². The summed E-state index contributed by atoms with van der Waals surface area (Å²) in [6.07, 6.45) is 0. The van der Waals surface area contributed by atoms with Crippen molar-refractivity contribution in [3.8, 4) is 0 Å². The number of carbonyl (C=O) groups is 3. The number of ether oxygens (including phenoxy) is 1. The molecule has 0 atom stereocenters. The number of hydrogen-bond donors (Lipinski definition) is 2. The maximum atomic E-state index is 12.6. The minimum Gasteiger partial charge on any atom is -0.466 e. The Labute approximate surface area is 157 Å². The third-order valence-electron chi connectivity index (χ3n) is 5.09. The zero-order valence-electron chi connectivity index (χ0n) is 15.8. The van der Waals surface area contributed by atoms with E-state index in [0.717, 1.165) is 11.3 Å². The second-order valence-electron chi connectivity index (χ2n) is 7.14. The van der Waals surface area contributed by atoms with Crippen LogP contribution in [0.25, 0.3) is 0 Å². The zero-order chi connectivity index (χ0) is 19.9. The highest BCUT2D eigenvalue weighted by Gasteiger charge is 2.42. The Hall–Kier alpha value is -2.87. The molecule has 0 fully saturated rings. The normalized spacial score (nSPS) is 18.3. The molecule has 1 aromatic carbocycles. The monoisotopic (exact) mass is 373 g/mol. The fraction of sp³-hybridized carbons (Fsp3) is 0.421. The first-order valence-corrected chi connectivity index (χ1v) is 8.63. The number of carbonyl (C=O) groups excluding carboxylic acids is 3. The van der Waals surface area contributed by atoms with Gasteiger partial charge in [0.1, 0.15) is 5.70 Å². The van der Waals surface area contributed by atoms with Crippen molar-refractivity contribution in [2.24, 2.45) is 0 Å². The third-order valence-corrected chi connectivity index (χ3v) is 5.09. The summed E-state index contributed by atoms with van der Waals surface area (Å²) >= 11 is 0. The van der Waals surface area contributed by atoms with Crippen LogP contribution in [0.3, 0.4) is 0 Å². The lowest BCUT2D eigenvalue weighted by molar-refractivity contribution is -0.136. The summed E-state index contributed by atoms with van der Waals surface area (Å²) < 4.78 is 4.78. The third kappa shape index (κ3) is 2.95. The lowest BCUT2D eigenvalue weighted by Crippen LogP contribution is -2.33. The molecule has 8 nitrogen and oxygen atoms in total. The number of fused-ring (bicyclic) bond motifs is 1. The number of methoxy groups -OCH3 is 1. The van der Waals surface area contributed by atoms with E-state index < -0.39 is 11.4 Å². The van der Waals surface area contributed by atoms with Gasteiger partial charge in [0.15, 0.2) is 0 Å². The molecule has 0 saturated heterocycles. The van der Waals surface area contributed by atoms with Crippen LogP contribution in [-0.4, -0.2) is 61.6 Å². The fourth-order valence-electron chi connectivity index (χ4n) is 3.54. The SMILES string of the molecule is COC(=O)C1=C(Nc2ccc3c(c2)C(C)(C)C(=O)N3C)C(=O)N(CCO)C1. The van der Waals surface area contributed by atoms with E-state index in [4.69, 9.17) is 9.84 Å². The van der Waals surface area contributed by atoms with Gasteiger partial charge in [-0.25, -0.2) is 4.79 Å². The molecule has 0 unspecified atom stereocenters. The summed E-state index contributed by atoms with van der Waals surface area (Å²) in [7, 11) is 2.99. The lowest BCUT2D eigenvalue weighted by atomic mass is 9.86. The molecule has 0 saturated carbocycles. The molecule has 0 aliphatic carbocycles. The number of anilines is 2. The maximum absolute atomic E-state index is 12.6. The molecule has 0 bridgehead atoms. The lowest BCUT2D eigenvalue weighted by Gasteiger charge is -2.17. The Bertz CT molecular complexity index is 859. The maximum Gasteiger partial charge on any atom is 0.337 e. The Morgan fingerprint density at radius 2 is 2.04 bits per heavy atom. The number of amides is 2. The van der Waals surface area contributed by atoms with Crippen LogP contribution >= 0.6 is 0 Å². The molecular weight excluding hydrogens is 350 g/mol. The van der Waals surface area contributed by atoms with Crippen LogP contribution in [0.4, 0.5) is 11.4 Å². The summed E-state index contributed by atoms with van der Waals surface area (Å²) in [6.45, 7) is 3.70. The van der Waals surface area contributed by atoms with Crippen molar-refractivity contribution in [1.82, 2.24) is 4.90 Å². The summed E-state index contributed by atoms with van der Waals surface area (Å²) in [5.74, 6) is -0.977. The molecule has 0 aromatic heterocycles. The highest BCUT2D eigenvalue weighted by molar-refractivity contribution is 6.09. The molecule has 2 N–H and O–H groups in total. The van der Waals surface area contributed by atoms with Crippen molar-refractivity contribution in [2.75, 3.05) is 44.1 Å². The Kier molecular flexibility index (Phi) is 4.69. The van der Waals surface area contributed by atoms with Crippen LogP contribution in [0.2, 0.25) is 0 Å². The van der Waals surface area contributed by atoms with Gasteiger partial charge in [-0.05, 0) is 37.6 Å². The van der Waals surface area contributed by atoms with Crippen molar-refractivity contribution < 1.29 is 24.2 Å². The van der Waals surface area contributed by atoms with E-state index in [9.17, 15) is 14.4 Å². The van der Waals surface area contributed by atoms with E-state index in [1.165, 1.54) is 12.0 Å². The average Bonchev–Trinajstić information content (AvgIpc) is 3.03. The number of esters is 1. The Morgan fingerprint density at radius 3 is 2.67 bits per heavy atom. The molecule has 0 radical (unpaired) electrons. The first-order chi connectivity index (χ1) is 12.7. The second kappa shape index (κ2) is 6.70. The number of rotatable bonds is 5. The first-order valence-electron chi connectivity index (χ1n) is 8.63. The molecule has 144 valence electrons. The predicted octanol–water partition coefficient (Wildman–Crippen LogP) is 0.614. The predicted molar refractivity (Wildman–Crippen MR) is 99.2 cm³/mol. The number of nitrogens with one attached hydrogen (secondary N) is 1. The van der Waals surface area contributed by atoms with Gasteiger partial charge in [0.25, 0.3) is 5.91 Å². The van der Waals surface area contributed by atoms with Crippen molar-refractivity contribution >= 4 is 29.2 Å².